The van der Waals surface area contributed by atoms with Crippen molar-refractivity contribution in [2.45, 2.75) is 33.7 Å². The molecule has 1 saturated carbocycles. The molecule has 21 heavy (non-hydrogen) atoms. The minimum absolute atomic E-state index is 0.162. The van der Waals surface area contributed by atoms with Crippen LogP contribution in [-0.4, -0.2) is 27.3 Å². The van der Waals surface area contributed by atoms with E-state index in [4.69, 9.17) is 10.5 Å². The summed E-state index contributed by atoms with van der Waals surface area (Å²) in [5.41, 5.74) is 7.79. The van der Waals surface area contributed by atoms with Crippen molar-refractivity contribution in [1.82, 2.24) is 20.2 Å². The first-order chi connectivity index (χ1) is 9.80. The summed E-state index contributed by atoms with van der Waals surface area (Å²) < 4.78 is 7.11. The van der Waals surface area contributed by atoms with Gasteiger partial charge in [0.05, 0.1) is 18.8 Å². The number of aromatic nitrogens is 4. The second-order valence-electron chi connectivity index (χ2n) is 6.75. The van der Waals surface area contributed by atoms with Gasteiger partial charge in [0.25, 0.3) is 0 Å². The maximum absolute atomic E-state index is 5.98. The molecule has 0 amide bonds. The fraction of sp³-hybridized carbons (Fsp3) is 0.533. The summed E-state index contributed by atoms with van der Waals surface area (Å²) in [6.07, 6.45) is 0. The number of ether oxygens (including phenoxy) is 1. The highest BCUT2D eigenvalue weighted by atomic mass is 16.5. The van der Waals surface area contributed by atoms with Crippen LogP contribution in [0.25, 0.3) is 11.4 Å². The molecule has 112 valence electrons. The molecule has 1 fully saturated rings. The monoisotopic (exact) mass is 287 g/mol. The molecule has 1 aliphatic carbocycles. The molecule has 1 aliphatic rings. The molecule has 0 spiro atoms. The predicted octanol–water partition coefficient (Wildman–Crippen LogP) is 2.54. The largest absolute Gasteiger partial charge is 0.495 e. The Morgan fingerprint density at radius 2 is 1.86 bits per heavy atom. The van der Waals surface area contributed by atoms with E-state index < -0.39 is 0 Å². The van der Waals surface area contributed by atoms with E-state index >= 15 is 0 Å². The van der Waals surface area contributed by atoms with Crippen LogP contribution in [0.1, 0.15) is 33.7 Å². The quantitative estimate of drug-likeness (QED) is 0.878. The van der Waals surface area contributed by atoms with E-state index in [0.717, 1.165) is 11.4 Å². The van der Waals surface area contributed by atoms with Crippen LogP contribution < -0.4 is 10.5 Å². The van der Waals surface area contributed by atoms with Gasteiger partial charge in [-0.2, -0.15) is 0 Å². The highest BCUT2D eigenvalue weighted by molar-refractivity contribution is 5.66. The van der Waals surface area contributed by atoms with Gasteiger partial charge in [0, 0.05) is 5.56 Å². The van der Waals surface area contributed by atoms with Crippen LogP contribution in [0, 0.1) is 10.8 Å². The number of nitrogens with two attached hydrogens (primary N) is 1. The second-order valence-corrected chi connectivity index (χ2v) is 6.75. The molecule has 0 bridgehead atoms. The summed E-state index contributed by atoms with van der Waals surface area (Å²) in [6.45, 7) is 8.97. The van der Waals surface area contributed by atoms with Crippen LogP contribution >= 0.6 is 0 Å². The first-order valence-corrected chi connectivity index (χ1v) is 7.02. The first kappa shape index (κ1) is 13.9. The lowest BCUT2D eigenvalue weighted by Gasteiger charge is -2.09. The zero-order valence-corrected chi connectivity index (χ0v) is 13.1. The zero-order valence-electron chi connectivity index (χ0n) is 13.1. The third kappa shape index (κ3) is 1.81. The van der Waals surface area contributed by atoms with Crippen molar-refractivity contribution in [2.24, 2.45) is 10.8 Å². The van der Waals surface area contributed by atoms with E-state index in [0.29, 0.717) is 11.4 Å². The number of hydrogen-bond acceptors (Lipinski definition) is 5. The number of tetrazole rings is 1. The van der Waals surface area contributed by atoms with Crippen LogP contribution in [0.2, 0.25) is 0 Å². The van der Waals surface area contributed by atoms with Crippen molar-refractivity contribution in [3.63, 3.8) is 0 Å². The number of rotatable bonds is 3. The van der Waals surface area contributed by atoms with Gasteiger partial charge in [0.1, 0.15) is 5.75 Å². The zero-order chi connectivity index (χ0) is 15.4. The number of anilines is 1. The van der Waals surface area contributed by atoms with E-state index in [2.05, 4.69) is 43.2 Å². The number of nitrogens with zero attached hydrogens (tertiary/aromatic N) is 4. The summed E-state index contributed by atoms with van der Waals surface area (Å²) >= 11 is 0. The lowest BCUT2D eigenvalue weighted by atomic mass is 10.0. The average molecular weight is 287 g/mol. The molecule has 3 rings (SSSR count). The molecule has 0 saturated heterocycles. The number of methoxy groups -OCH3 is 1. The van der Waals surface area contributed by atoms with Gasteiger partial charge in [-0.15, -0.1) is 5.10 Å². The predicted molar refractivity (Wildman–Crippen MR) is 80.8 cm³/mol. The summed E-state index contributed by atoms with van der Waals surface area (Å²) in [6, 6.07) is 5.90. The van der Waals surface area contributed by atoms with Gasteiger partial charge in [-0.25, -0.2) is 4.68 Å². The van der Waals surface area contributed by atoms with Gasteiger partial charge >= 0.3 is 0 Å². The van der Waals surface area contributed by atoms with E-state index in [1.165, 1.54) is 0 Å². The van der Waals surface area contributed by atoms with Crippen LogP contribution in [0.15, 0.2) is 18.2 Å². The second kappa shape index (κ2) is 4.19. The third-order valence-corrected chi connectivity index (χ3v) is 5.17. The third-order valence-electron chi connectivity index (χ3n) is 5.17. The maximum Gasteiger partial charge on any atom is 0.182 e. The lowest BCUT2D eigenvalue weighted by molar-refractivity contribution is 0.417. The van der Waals surface area contributed by atoms with Crippen LogP contribution in [0.5, 0.6) is 5.75 Å². The average Bonchev–Trinajstić information content (AvgIpc) is 2.77. The van der Waals surface area contributed by atoms with Crippen LogP contribution in [0.4, 0.5) is 5.69 Å². The minimum Gasteiger partial charge on any atom is -0.495 e. The molecule has 6 heteroatoms. The van der Waals surface area contributed by atoms with Crippen molar-refractivity contribution >= 4 is 5.69 Å². The van der Waals surface area contributed by atoms with Crippen LogP contribution in [0.3, 0.4) is 0 Å². The Balaban J connectivity index is 2.03. The minimum atomic E-state index is 0.162. The SMILES string of the molecule is COc1ccc(-c2nnnn2C2C(C)(C)C2(C)C)cc1N. The highest BCUT2D eigenvalue weighted by Crippen LogP contribution is 2.71. The molecule has 1 aromatic heterocycles. The van der Waals surface area contributed by atoms with Gasteiger partial charge in [0.15, 0.2) is 5.82 Å². The Bertz CT molecular complexity index is 675. The van der Waals surface area contributed by atoms with Crippen molar-refractivity contribution in [2.75, 3.05) is 12.8 Å². The Morgan fingerprint density at radius 3 is 2.38 bits per heavy atom. The molecule has 1 aromatic carbocycles. The summed E-state index contributed by atoms with van der Waals surface area (Å²) in [7, 11) is 1.60. The molecule has 0 radical (unpaired) electrons. The van der Waals surface area contributed by atoms with Gasteiger partial charge in [-0.3, -0.25) is 0 Å². The fourth-order valence-electron chi connectivity index (χ4n) is 3.20. The van der Waals surface area contributed by atoms with Crippen molar-refractivity contribution in [3.8, 4) is 17.1 Å². The number of hydrogen-bond donors (Lipinski definition) is 1. The summed E-state index contributed by atoms with van der Waals surface area (Å²) in [5.74, 6) is 1.40. The fourth-order valence-corrected chi connectivity index (χ4v) is 3.20. The first-order valence-electron chi connectivity index (χ1n) is 7.02. The molecule has 0 aliphatic heterocycles. The normalized spacial score (nSPS) is 19.5. The lowest BCUT2D eigenvalue weighted by Crippen LogP contribution is -2.06. The van der Waals surface area contributed by atoms with E-state index in [1.807, 2.05) is 22.9 Å². The van der Waals surface area contributed by atoms with Crippen LogP contribution in [-0.2, 0) is 0 Å². The number of benzene rings is 1. The Labute approximate surface area is 124 Å². The molecule has 2 aromatic rings. The Hall–Kier alpha value is -2.11. The molecule has 1 heterocycles. The summed E-state index contributed by atoms with van der Waals surface area (Å²) in [4.78, 5) is 0. The van der Waals surface area contributed by atoms with Gasteiger partial charge in [-0.1, -0.05) is 27.7 Å². The van der Waals surface area contributed by atoms with E-state index in [-0.39, 0.29) is 16.9 Å². The van der Waals surface area contributed by atoms with E-state index in [1.54, 1.807) is 7.11 Å². The Morgan fingerprint density at radius 1 is 1.19 bits per heavy atom. The number of nitrogen functional groups attached to an aromatic ring is 1. The van der Waals surface area contributed by atoms with Crippen molar-refractivity contribution in [3.05, 3.63) is 18.2 Å². The van der Waals surface area contributed by atoms with Gasteiger partial charge in [-0.05, 0) is 39.5 Å². The van der Waals surface area contributed by atoms with Gasteiger partial charge < -0.3 is 10.5 Å². The standard InChI is InChI=1S/C15H21N5O/c1-14(2)13(15(14,3)4)20-12(17-18-19-20)9-6-7-11(21-5)10(16)8-9/h6-8,13H,16H2,1-5H3. The molecule has 0 unspecified atom stereocenters. The molecule has 6 nitrogen and oxygen atoms in total. The molecule has 0 atom stereocenters. The summed E-state index contributed by atoms with van der Waals surface area (Å²) in [5, 5.41) is 12.2. The Kier molecular flexibility index (Phi) is 2.77. The highest BCUT2D eigenvalue weighted by Gasteiger charge is 2.67. The molecular weight excluding hydrogens is 266 g/mol. The molecular formula is C15H21N5O. The van der Waals surface area contributed by atoms with E-state index in [9.17, 15) is 0 Å². The maximum atomic E-state index is 5.98. The van der Waals surface area contributed by atoms with Crippen molar-refractivity contribution < 1.29 is 4.74 Å². The van der Waals surface area contributed by atoms with Crippen molar-refractivity contribution in [1.29, 1.82) is 0 Å². The topological polar surface area (TPSA) is 78.9 Å². The molecule has 2 N–H and O–H groups in total. The van der Waals surface area contributed by atoms with Gasteiger partial charge in [0.2, 0.25) is 0 Å². The smallest absolute Gasteiger partial charge is 0.182 e.